The van der Waals surface area contributed by atoms with Crippen LogP contribution in [0.25, 0.3) is 0 Å². The van der Waals surface area contributed by atoms with Gasteiger partial charge in [0.05, 0.1) is 0 Å². The molecule has 0 unspecified atom stereocenters. The molecule has 1 heterocycles. The fourth-order valence-electron chi connectivity index (χ4n) is 0.779. The van der Waals surface area contributed by atoms with Crippen LogP contribution in [0.15, 0.2) is 5.38 Å². The van der Waals surface area contributed by atoms with Crippen LogP contribution in [-0.4, -0.2) is 17.4 Å². The minimum Gasteiger partial charge on any atom is -0.375 e. The zero-order valence-electron chi connectivity index (χ0n) is 7.70. The molecule has 0 saturated heterocycles. The summed E-state index contributed by atoms with van der Waals surface area (Å²) in [7, 11) is 0. The monoisotopic (exact) mass is 199 g/mol. The number of amides is 1. The smallest absolute Gasteiger partial charge is 0.270 e. The molecule has 0 radical (unpaired) electrons. The number of rotatable bonds is 3. The third-order valence-electron chi connectivity index (χ3n) is 1.43. The van der Waals surface area contributed by atoms with Gasteiger partial charge in [0.25, 0.3) is 5.91 Å². The Balaban J connectivity index is 2.49. The maximum Gasteiger partial charge on any atom is 0.270 e. The van der Waals surface area contributed by atoms with Crippen molar-refractivity contribution in [1.82, 2.24) is 10.3 Å². The van der Waals surface area contributed by atoms with E-state index in [0.717, 1.165) is 0 Å². The second-order valence-electron chi connectivity index (χ2n) is 3.17. The molecule has 0 atom stereocenters. The van der Waals surface area contributed by atoms with E-state index in [0.29, 0.717) is 23.3 Å². The van der Waals surface area contributed by atoms with E-state index in [1.165, 1.54) is 11.3 Å². The first-order valence-corrected chi connectivity index (χ1v) is 4.96. The Labute approximate surface area is 81.2 Å². The average Bonchev–Trinajstić information content (AvgIpc) is 2.47. The van der Waals surface area contributed by atoms with Crippen LogP contribution in [0, 0.1) is 5.92 Å². The zero-order valence-corrected chi connectivity index (χ0v) is 8.52. The van der Waals surface area contributed by atoms with E-state index in [-0.39, 0.29) is 5.91 Å². The number of carbonyl (C=O) groups is 1. The second-order valence-corrected chi connectivity index (χ2v) is 4.06. The molecule has 0 aliphatic rings. The summed E-state index contributed by atoms with van der Waals surface area (Å²) in [4.78, 5) is 15.2. The molecule has 3 N–H and O–H groups in total. The van der Waals surface area contributed by atoms with E-state index in [2.05, 4.69) is 10.3 Å². The van der Waals surface area contributed by atoms with Gasteiger partial charge in [-0.3, -0.25) is 4.79 Å². The van der Waals surface area contributed by atoms with Gasteiger partial charge in [-0.25, -0.2) is 4.98 Å². The number of hydrogen-bond donors (Lipinski definition) is 2. The molecule has 0 aromatic carbocycles. The van der Waals surface area contributed by atoms with Crippen LogP contribution in [0.1, 0.15) is 24.3 Å². The lowest BCUT2D eigenvalue weighted by molar-refractivity contribution is 0.0945. The molecule has 13 heavy (non-hydrogen) atoms. The van der Waals surface area contributed by atoms with Crippen molar-refractivity contribution in [3.63, 3.8) is 0 Å². The molecule has 0 aliphatic carbocycles. The van der Waals surface area contributed by atoms with E-state index in [1.54, 1.807) is 5.38 Å². The number of anilines is 1. The molecule has 0 spiro atoms. The van der Waals surface area contributed by atoms with E-state index >= 15 is 0 Å². The van der Waals surface area contributed by atoms with Crippen LogP contribution in [0.2, 0.25) is 0 Å². The summed E-state index contributed by atoms with van der Waals surface area (Å²) >= 11 is 1.27. The zero-order chi connectivity index (χ0) is 9.84. The fraction of sp³-hybridized carbons (Fsp3) is 0.500. The van der Waals surface area contributed by atoms with Crippen molar-refractivity contribution in [2.24, 2.45) is 5.92 Å². The van der Waals surface area contributed by atoms with Gasteiger partial charge in [0.15, 0.2) is 5.13 Å². The third-order valence-corrected chi connectivity index (χ3v) is 2.10. The van der Waals surface area contributed by atoms with Crippen molar-refractivity contribution in [1.29, 1.82) is 0 Å². The summed E-state index contributed by atoms with van der Waals surface area (Å²) in [5, 5.41) is 4.84. The molecule has 72 valence electrons. The molecule has 0 saturated carbocycles. The van der Waals surface area contributed by atoms with Crippen molar-refractivity contribution in [3.8, 4) is 0 Å². The van der Waals surface area contributed by atoms with Crippen molar-refractivity contribution < 1.29 is 4.79 Å². The van der Waals surface area contributed by atoms with Gasteiger partial charge in [-0.1, -0.05) is 13.8 Å². The highest BCUT2D eigenvalue weighted by Gasteiger charge is 2.08. The lowest BCUT2D eigenvalue weighted by atomic mass is 10.2. The summed E-state index contributed by atoms with van der Waals surface area (Å²) in [6.07, 6.45) is 0. The number of aromatic nitrogens is 1. The molecule has 4 nitrogen and oxygen atoms in total. The van der Waals surface area contributed by atoms with E-state index < -0.39 is 0 Å². The highest BCUT2D eigenvalue weighted by Crippen LogP contribution is 2.10. The quantitative estimate of drug-likeness (QED) is 0.766. The fourth-order valence-corrected chi connectivity index (χ4v) is 1.32. The van der Waals surface area contributed by atoms with Crippen molar-refractivity contribution >= 4 is 22.4 Å². The minimum absolute atomic E-state index is 0.151. The van der Waals surface area contributed by atoms with Crippen molar-refractivity contribution in [3.05, 3.63) is 11.1 Å². The van der Waals surface area contributed by atoms with Crippen LogP contribution in [0.3, 0.4) is 0 Å². The summed E-state index contributed by atoms with van der Waals surface area (Å²) < 4.78 is 0. The van der Waals surface area contributed by atoms with Gasteiger partial charge in [0.1, 0.15) is 5.69 Å². The minimum atomic E-state index is -0.151. The summed E-state index contributed by atoms with van der Waals surface area (Å²) in [5.74, 6) is 0.293. The summed E-state index contributed by atoms with van der Waals surface area (Å²) in [6.45, 7) is 4.74. The summed E-state index contributed by atoms with van der Waals surface area (Å²) in [5.41, 5.74) is 5.81. The second kappa shape index (κ2) is 4.23. The van der Waals surface area contributed by atoms with Gasteiger partial charge in [-0.15, -0.1) is 11.3 Å². The lowest BCUT2D eigenvalue weighted by Gasteiger charge is -2.04. The van der Waals surface area contributed by atoms with E-state index in [9.17, 15) is 4.79 Å². The van der Waals surface area contributed by atoms with Crippen LogP contribution < -0.4 is 11.1 Å². The highest BCUT2D eigenvalue weighted by molar-refractivity contribution is 7.13. The molecule has 0 aliphatic heterocycles. The predicted octanol–water partition coefficient (Wildman–Crippen LogP) is 1.11. The van der Waals surface area contributed by atoms with Crippen LogP contribution in [0.5, 0.6) is 0 Å². The van der Waals surface area contributed by atoms with Crippen molar-refractivity contribution in [2.75, 3.05) is 12.3 Å². The van der Waals surface area contributed by atoms with E-state index in [4.69, 9.17) is 5.73 Å². The van der Waals surface area contributed by atoms with Gasteiger partial charge >= 0.3 is 0 Å². The Kier molecular flexibility index (Phi) is 3.25. The third kappa shape index (κ3) is 3.02. The Morgan fingerprint density at radius 1 is 1.77 bits per heavy atom. The molecule has 1 aromatic heterocycles. The van der Waals surface area contributed by atoms with Gasteiger partial charge in [-0.2, -0.15) is 0 Å². The molecule has 1 aromatic rings. The lowest BCUT2D eigenvalue weighted by Crippen LogP contribution is -2.27. The Morgan fingerprint density at radius 2 is 2.46 bits per heavy atom. The Hall–Kier alpha value is -1.10. The van der Waals surface area contributed by atoms with Crippen LogP contribution >= 0.6 is 11.3 Å². The first-order chi connectivity index (χ1) is 6.09. The number of thiazole rings is 1. The van der Waals surface area contributed by atoms with Crippen LogP contribution in [-0.2, 0) is 0 Å². The summed E-state index contributed by atoms with van der Waals surface area (Å²) in [6, 6.07) is 0. The number of hydrogen-bond acceptors (Lipinski definition) is 4. The van der Waals surface area contributed by atoms with E-state index in [1.807, 2.05) is 13.8 Å². The molecule has 0 fully saturated rings. The largest absolute Gasteiger partial charge is 0.375 e. The molecular weight excluding hydrogens is 186 g/mol. The maximum atomic E-state index is 11.3. The van der Waals surface area contributed by atoms with Crippen molar-refractivity contribution in [2.45, 2.75) is 13.8 Å². The average molecular weight is 199 g/mol. The Bertz CT molecular complexity index is 295. The van der Waals surface area contributed by atoms with Gasteiger partial charge in [0, 0.05) is 11.9 Å². The van der Waals surface area contributed by atoms with Gasteiger partial charge < -0.3 is 11.1 Å². The molecular formula is C8H13N3OS. The first kappa shape index (κ1) is 9.98. The normalized spacial score (nSPS) is 10.4. The number of nitrogens with two attached hydrogens (primary N) is 1. The number of nitrogens with zero attached hydrogens (tertiary/aromatic N) is 1. The number of carbonyl (C=O) groups excluding carboxylic acids is 1. The number of nitrogen functional groups attached to an aromatic ring is 1. The number of nitrogens with one attached hydrogen (secondary N) is 1. The standard InChI is InChI=1S/C8H13N3OS/c1-5(2)3-10-7(12)6-4-13-8(9)11-6/h4-5H,3H2,1-2H3,(H2,9,11)(H,10,12). The Morgan fingerprint density at radius 3 is 2.92 bits per heavy atom. The predicted molar refractivity (Wildman–Crippen MR) is 53.7 cm³/mol. The maximum absolute atomic E-state index is 11.3. The SMILES string of the molecule is CC(C)CNC(=O)c1csc(N)n1. The topological polar surface area (TPSA) is 68.0 Å². The first-order valence-electron chi connectivity index (χ1n) is 4.09. The van der Waals surface area contributed by atoms with Crippen LogP contribution in [0.4, 0.5) is 5.13 Å². The molecule has 1 rings (SSSR count). The van der Waals surface area contributed by atoms with Gasteiger partial charge in [0.2, 0.25) is 0 Å². The molecule has 0 bridgehead atoms. The molecule has 5 heteroatoms. The van der Waals surface area contributed by atoms with Gasteiger partial charge in [-0.05, 0) is 5.92 Å². The molecule has 1 amide bonds. The highest BCUT2D eigenvalue weighted by atomic mass is 32.1.